The predicted molar refractivity (Wildman–Crippen MR) is 108 cm³/mol. The van der Waals surface area contributed by atoms with Gasteiger partial charge in [0, 0.05) is 38.1 Å². The van der Waals surface area contributed by atoms with E-state index in [1.54, 1.807) is 7.11 Å². The zero-order valence-electron chi connectivity index (χ0n) is 17.1. The number of benzene rings is 1. The zero-order valence-corrected chi connectivity index (χ0v) is 17.1. The van der Waals surface area contributed by atoms with Gasteiger partial charge in [0.25, 0.3) is 0 Å². The molecule has 2 atom stereocenters. The van der Waals surface area contributed by atoms with Crippen LogP contribution in [0.2, 0.25) is 0 Å². The van der Waals surface area contributed by atoms with E-state index >= 15 is 0 Å². The van der Waals surface area contributed by atoms with Gasteiger partial charge >= 0.3 is 0 Å². The molecule has 2 heterocycles. The molecular formula is C21H32N4O3. The Labute approximate surface area is 167 Å². The highest BCUT2D eigenvalue weighted by Gasteiger charge is 2.35. The van der Waals surface area contributed by atoms with Crippen molar-refractivity contribution in [2.45, 2.75) is 45.2 Å². The van der Waals surface area contributed by atoms with Crippen LogP contribution in [0.1, 0.15) is 44.7 Å². The van der Waals surface area contributed by atoms with E-state index in [0.29, 0.717) is 32.6 Å². The molecule has 2 aliphatic heterocycles. The summed E-state index contributed by atoms with van der Waals surface area (Å²) < 4.78 is 5.29. The highest BCUT2D eigenvalue weighted by Crippen LogP contribution is 2.26. The van der Waals surface area contributed by atoms with Gasteiger partial charge in [-0.05, 0) is 37.0 Å². The second-order valence-corrected chi connectivity index (χ2v) is 7.57. The van der Waals surface area contributed by atoms with E-state index in [1.807, 2.05) is 34.1 Å². The van der Waals surface area contributed by atoms with Crippen LogP contribution in [0.5, 0.6) is 5.75 Å². The molecule has 2 saturated heterocycles. The molecule has 28 heavy (non-hydrogen) atoms. The Morgan fingerprint density at radius 2 is 1.79 bits per heavy atom. The summed E-state index contributed by atoms with van der Waals surface area (Å²) in [5.41, 5.74) is 7.48. The minimum Gasteiger partial charge on any atom is -0.497 e. The number of carbonyl (C=O) groups is 2. The normalized spacial score (nSPS) is 22.6. The van der Waals surface area contributed by atoms with Gasteiger partial charge in [0.2, 0.25) is 11.8 Å². The van der Waals surface area contributed by atoms with E-state index in [4.69, 9.17) is 4.74 Å². The fraction of sp³-hybridized carbons (Fsp3) is 0.619. The largest absolute Gasteiger partial charge is 0.497 e. The summed E-state index contributed by atoms with van der Waals surface area (Å²) in [6.45, 7) is 6.58. The molecule has 0 aliphatic carbocycles. The standard InChI is InChI=1S/C21H32N4O3/c1-4-15(5-2)20(26)24-9-11-25(12-10-24)21(27)19-14-18(22-23-19)16-7-6-8-17(13-16)28-3/h6-8,13,15,18-19,22-23H,4-5,9-12,14H2,1-3H3. The topological polar surface area (TPSA) is 73.9 Å². The maximum atomic E-state index is 12.9. The first-order valence-corrected chi connectivity index (χ1v) is 10.3. The Bertz CT molecular complexity index is 684. The first-order chi connectivity index (χ1) is 13.6. The molecular weight excluding hydrogens is 356 g/mol. The molecule has 0 bridgehead atoms. The lowest BCUT2D eigenvalue weighted by molar-refractivity contribution is -0.143. The van der Waals surface area contributed by atoms with Crippen LogP contribution in [-0.2, 0) is 9.59 Å². The maximum absolute atomic E-state index is 12.9. The third-order valence-electron chi connectivity index (χ3n) is 5.94. The van der Waals surface area contributed by atoms with E-state index in [2.05, 4.69) is 24.7 Å². The minimum atomic E-state index is -0.252. The van der Waals surface area contributed by atoms with Crippen LogP contribution in [0.25, 0.3) is 0 Å². The van der Waals surface area contributed by atoms with Crippen molar-refractivity contribution in [2.24, 2.45) is 5.92 Å². The smallest absolute Gasteiger partial charge is 0.241 e. The van der Waals surface area contributed by atoms with Crippen LogP contribution in [-0.4, -0.2) is 60.9 Å². The van der Waals surface area contributed by atoms with Crippen LogP contribution in [0, 0.1) is 5.92 Å². The maximum Gasteiger partial charge on any atom is 0.241 e. The number of rotatable bonds is 6. The van der Waals surface area contributed by atoms with Crippen molar-refractivity contribution >= 4 is 11.8 Å². The fourth-order valence-electron chi connectivity index (χ4n) is 4.06. The van der Waals surface area contributed by atoms with Crippen LogP contribution in [0.3, 0.4) is 0 Å². The Balaban J connectivity index is 1.52. The third-order valence-corrected chi connectivity index (χ3v) is 5.94. The molecule has 2 aliphatic rings. The van der Waals surface area contributed by atoms with Gasteiger partial charge in [0.15, 0.2) is 0 Å². The van der Waals surface area contributed by atoms with Gasteiger partial charge in [0.1, 0.15) is 11.8 Å². The third kappa shape index (κ3) is 4.47. The number of nitrogens with one attached hydrogen (secondary N) is 2. The van der Waals surface area contributed by atoms with Crippen LogP contribution >= 0.6 is 0 Å². The highest BCUT2D eigenvalue weighted by molar-refractivity contribution is 5.83. The Kier molecular flexibility index (Phi) is 6.91. The number of methoxy groups -OCH3 is 1. The first-order valence-electron chi connectivity index (χ1n) is 10.3. The predicted octanol–water partition coefficient (Wildman–Crippen LogP) is 1.71. The fourth-order valence-corrected chi connectivity index (χ4v) is 4.06. The van der Waals surface area contributed by atoms with Crippen molar-refractivity contribution in [1.82, 2.24) is 20.7 Å². The van der Waals surface area contributed by atoms with Crippen molar-refractivity contribution in [3.8, 4) is 5.75 Å². The first kappa shape index (κ1) is 20.6. The highest BCUT2D eigenvalue weighted by atomic mass is 16.5. The van der Waals surface area contributed by atoms with Gasteiger partial charge in [-0.15, -0.1) is 0 Å². The molecule has 2 unspecified atom stereocenters. The van der Waals surface area contributed by atoms with E-state index in [0.717, 1.165) is 24.2 Å². The van der Waals surface area contributed by atoms with Crippen molar-refractivity contribution in [3.05, 3.63) is 29.8 Å². The van der Waals surface area contributed by atoms with Crippen LogP contribution < -0.4 is 15.6 Å². The van der Waals surface area contributed by atoms with E-state index < -0.39 is 0 Å². The molecule has 7 heteroatoms. The quantitative estimate of drug-likeness (QED) is 0.776. The molecule has 1 aromatic rings. The number of hydrogen-bond acceptors (Lipinski definition) is 5. The Hall–Kier alpha value is -2.12. The molecule has 2 fully saturated rings. The summed E-state index contributed by atoms with van der Waals surface area (Å²) in [4.78, 5) is 29.2. The average molecular weight is 389 g/mol. The summed E-state index contributed by atoms with van der Waals surface area (Å²) in [6.07, 6.45) is 2.44. The van der Waals surface area contributed by atoms with Gasteiger partial charge in [-0.1, -0.05) is 26.0 Å². The van der Waals surface area contributed by atoms with Crippen molar-refractivity contribution in [1.29, 1.82) is 0 Å². The molecule has 2 N–H and O–H groups in total. The minimum absolute atomic E-state index is 0.0711. The second-order valence-electron chi connectivity index (χ2n) is 7.57. The lowest BCUT2D eigenvalue weighted by Gasteiger charge is -2.37. The van der Waals surface area contributed by atoms with Crippen LogP contribution in [0.4, 0.5) is 0 Å². The van der Waals surface area contributed by atoms with Gasteiger partial charge in [-0.25, -0.2) is 10.9 Å². The van der Waals surface area contributed by atoms with Crippen LogP contribution in [0.15, 0.2) is 24.3 Å². The average Bonchev–Trinajstić information content (AvgIpc) is 3.24. The summed E-state index contributed by atoms with van der Waals surface area (Å²) in [6, 6.07) is 7.72. The van der Waals surface area contributed by atoms with Gasteiger partial charge < -0.3 is 14.5 Å². The van der Waals surface area contributed by atoms with E-state index in [9.17, 15) is 9.59 Å². The molecule has 0 radical (unpaired) electrons. The number of amides is 2. The summed E-state index contributed by atoms with van der Waals surface area (Å²) >= 11 is 0. The van der Waals surface area contributed by atoms with E-state index in [-0.39, 0.29) is 29.8 Å². The number of hydrazine groups is 1. The number of piperazine rings is 1. The lowest BCUT2D eigenvalue weighted by Crippen LogP contribution is -2.55. The molecule has 3 rings (SSSR count). The van der Waals surface area contributed by atoms with Crippen molar-refractivity contribution in [3.63, 3.8) is 0 Å². The number of nitrogens with zero attached hydrogens (tertiary/aromatic N) is 2. The molecule has 154 valence electrons. The van der Waals surface area contributed by atoms with Crippen molar-refractivity contribution < 1.29 is 14.3 Å². The number of carbonyl (C=O) groups excluding carboxylic acids is 2. The number of ether oxygens (including phenoxy) is 1. The Morgan fingerprint density at radius 3 is 2.43 bits per heavy atom. The summed E-state index contributed by atoms with van der Waals surface area (Å²) in [7, 11) is 1.65. The van der Waals surface area contributed by atoms with E-state index in [1.165, 1.54) is 0 Å². The SMILES string of the molecule is CCC(CC)C(=O)N1CCN(C(=O)C2CC(c3cccc(OC)c3)NN2)CC1. The number of hydrogen-bond donors (Lipinski definition) is 2. The van der Waals surface area contributed by atoms with Gasteiger partial charge in [0.05, 0.1) is 7.11 Å². The van der Waals surface area contributed by atoms with Crippen molar-refractivity contribution in [2.75, 3.05) is 33.3 Å². The molecule has 2 amide bonds. The molecule has 7 nitrogen and oxygen atoms in total. The lowest BCUT2D eigenvalue weighted by atomic mass is 10.0. The zero-order chi connectivity index (χ0) is 20.1. The molecule has 0 saturated carbocycles. The summed E-state index contributed by atoms with van der Waals surface area (Å²) in [5, 5.41) is 0. The second kappa shape index (κ2) is 9.39. The monoisotopic (exact) mass is 388 g/mol. The molecule has 0 aromatic heterocycles. The molecule has 1 aromatic carbocycles. The van der Waals surface area contributed by atoms with Gasteiger partial charge in [-0.3, -0.25) is 9.59 Å². The summed E-state index contributed by atoms with van der Waals surface area (Å²) in [5.74, 6) is 1.25. The molecule has 0 spiro atoms. The Morgan fingerprint density at radius 1 is 1.11 bits per heavy atom. The van der Waals surface area contributed by atoms with Gasteiger partial charge in [-0.2, -0.15) is 0 Å².